The van der Waals surface area contributed by atoms with E-state index in [0.29, 0.717) is 17.2 Å². The van der Waals surface area contributed by atoms with Crippen LogP contribution in [0.15, 0.2) is 28.8 Å². The number of aromatic nitrogens is 1. The monoisotopic (exact) mass is 382 g/mol. The number of benzene rings is 1. The number of nitrogens with zero attached hydrogens (tertiary/aromatic N) is 1. The Bertz CT molecular complexity index is 888. The van der Waals surface area contributed by atoms with E-state index in [4.69, 9.17) is 10.3 Å². The first-order valence-corrected chi connectivity index (χ1v) is 9.94. The Hall–Kier alpha value is -2.67. The molecule has 148 valence electrons. The third-order valence-electron chi connectivity index (χ3n) is 5.53. The van der Waals surface area contributed by atoms with Crippen LogP contribution in [0, 0.1) is 6.92 Å². The zero-order chi connectivity index (χ0) is 19.7. The van der Waals surface area contributed by atoms with Crippen molar-refractivity contribution in [1.82, 2.24) is 10.5 Å². The Morgan fingerprint density at radius 2 is 1.96 bits per heavy atom. The van der Waals surface area contributed by atoms with Crippen molar-refractivity contribution in [3.63, 3.8) is 0 Å². The van der Waals surface area contributed by atoms with E-state index in [-0.39, 0.29) is 29.6 Å². The van der Waals surface area contributed by atoms with Gasteiger partial charge in [-0.15, -0.1) is 0 Å². The molecule has 1 aromatic carbocycles. The molecule has 2 fully saturated rings. The van der Waals surface area contributed by atoms with Gasteiger partial charge < -0.3 is 20.9 Å². The van der Waals surface area contributed by atoms with E-state index in [9.17, 15) is 9.59 Å². The molecule has 2 atom stereocenters. The lowest BCUT2D eigenvalue weighted by Crippen LogP contribution is -2.42. The van der Waals surface area contributed by atoms with Crippen molar-refractivity contribution in [1.29, 1.82) is 0 Å². The van der Waals surface area contributed by atoms with E-state index in [1.54, 1.807) is 24.3 Å². The highest BCUT2D eigenvalue weighted by Gasteiger charge is 2.29. The van der Waals surface area contributed by atoms with Gasteiger partial charge in [0.2, 0.25) is 0 Å². The summed E-state index contributed by atoms with van der Waals surface area (Å²) in [5.41, 5.74) is 8.31. The van der Waals surface area contributed by atoms with Crippen LogP contribution in [0.25, 0.3) is 0 Å². The number of rotatable bonds is 5. The van der Waals surface area contributed by atoms with E-state index < -0.39 is 0 Å². The zero-order valence-corrected chi connectivity index (χ0v) is 16.0. The minimum Gasteiger partial charge on any atom is -0.360 e. The Morgan fingerprint density at radius 1 is 1.14 bits per heavy atom. The van der Waals surface area contributed by atoms with Gasteiger partial charge in [0.25, 0.3) is 11.8 Å². The van der Waals surface area contributed by atoms with Crippen molar-refractivity contribution < 1.29 is 14.1 Å². The lowest BCUT2D eigenvalue weighted by molar-refractivity contribution is 0.0925. The minimum atomic E-state index is -0.313. The van der Waals surface area contributed by atoms with Gasteiger partial charge in [-0.25, -0.2) is 0 Å². The summed E-state index contributed by atoms with van der Waals surface area (Å²) in [6, 6.07) is 7.25. The van der Waals surface area contributed by atoms with E-state index in [1.807, 2.05) is 6.92 Å². The first kappa shape index (κ1) is 18.7. The van der Waals surface area contributed by atoms with Gasteiger partial charge in [0.1, 0.15) is 5.76 Å². The van der Waals surface area contributed by atoms with Crippen LogP contribution in [-0.2, 0) is 0 Å². The molecular weight excluding hydrogens is 356 g/mol. The topological polar surface area (TPSA) is 110 Å². The fourth-order valence-electron chi connectivity index (χ4n) is 3.72. The molecule has 0 radical (unpaired) electrons. The molecule has 2 saturated carbocycles. The predicted octanol–water partition coefficient (Wildman–Crippen LogP) is 3.11. The lowest BCUT2D eigenvalue weighted by atomic mass is 9.91. The molecule has 0 spiro atoms. The summed E-state index contributed by atoms with van der Waals surface area (Å²) in [5.74, 6) is 0.765. The largest absolute Gasteiger partial charge is 0.360 e. The van der Waals surface area contributed by atoms with Crippen molar-refractivity contribution in [2.75, 3.05) is 5.32 Å². The summed E-state index contributed by atoms with van der Waals surface area (Å²) in [5, 5.41) is 9.77. The molecule has 2 aromatic rings. The van der Waals surface area contributed by atoms with E-state index in [2.05, 4.69) is 15.8 Å². The molecule has 2 aliphatic carbocycles. The van der Waals surface area contributed by atoms with Gasteiger partial charge in [0.15, 0.2) is 5.69 Å². The Labute approximate surface area is 164 Å². The van der Waals surface area contributed by atoms with Crippen LogP contribution in [-0.4, -0.2) is 29.1 Å². The Morgan fingerprint density at radius 3 is 2.68 bits per heavy atom. The van der Waals surface area contributed by atoms with Gasteiger partial charge in [-0.05, 0) is 69.2 Å². The van der Waals surface area contributed by atoms with Crippen molar-refractivity contribution in [3.8, 4) is 0 Å². The lowest BCUT2D eigenvalue weighted by Gasteiger charge is -2.27. The number of hydrogen-bond donors (Lipinski definition) is 3. The maximum atomic E-state index is 12.5. The van der Waals surface area contributed by atoms with E-state index in [0.717, 1.165) is 49.8 Å². The summed E-state index contributed by atoms with van der Waals surface area (Å²) in [4.78, 5) is 24.9. The van der Waals surface area contributed by atoms with Crippen molar-refractivity contribution >= 4 is 17.5 Å². The predicted molar refractivity (Wildman–Crippen MR) is 105 cm³/mol. The van der Waals surface area contributed by atoms with Gasteiger partial charge in [0.05, 0.1) is 0 Å². The van der Waals surface area contributed by atoms with Crippen LogP contribution in [0.3, 0.4) is 0 Å². The highest BCUT2D eigenvalue weighted by molar-refractivity contribution is 6.03. The maximum Gasteiger partial charge on any atom is 0.277 e. The first-order chi connectivity index (χ1) is 13.5. The molecule has 1 aromatic heterocycles. The van der Waals surface area contributed by atoms with Crippen LogP contribution in [0.1, 0.15) is 76.6 Å². The van der Waals surface area contributed by atoms with Gasteiger partial charge in [-0.1, -0.05) is 5.16 Å². The molecule has 7 heteroatoms. The SMILES string of the molecule is Cc1cc(C(=O)NC2CCCC(N)C2)ccc1NC(=O)c1cc(C2CC2)on1. The fraction of sp³-hybridized carbons (Fsp3) is 0.476. The highest BCUT2D eigenvalue weighted by atomic mass is 16.5. The van der Waals surface area contributed by atoms with Crippen molar-refractivity contribution in [2.24, 2.45) is 5.73 Å². The zero-order valence-electron chi connectivity index (χ0n) is 16.0. The van der Waals surface area contributed by atoms with E-state index in [1.165, 1.54) is 0 Å². The quantitative estimate of drug-likeness (QED) is 0.736. The van der Waals surface area contributed by atoms with Crippen LogP contribution in [0.2, 0.25) is 0 Å². The van der Waals surface area contributed by atoms with Gasteiger partial charge >= 0.3 is 0 Å². The average molecular weight is 382 g/mol. The van der Waals surface area contributed by atoms with Crippen molar-refractivity contribution in [2.45, 2.75) is 63.5 Å². The van der Waals surface area contributed by atoms with Crippen molar-refractivity contribution in [3.05, 3.63) is 46.8 Å². The number of amides is 2. The normalized spacial score (nSPS) is 21.9. The molecule has 0 bridgehead atoms. The van der Waals surface area contributed by atoms with Gasteiger partial charge in [0, 0.05) is 35.3 Å². The van der Waals surface area contributed by atoms with E-state index >= 15 is 0 Å². The second kappa shape index (κ2) is 7.75. The summed E-state index contributed by atoms with van der Waals surface area (Å²) in [7, 11) is 0. The molecule has 0 saturated heterocycles. The third-order valence-corrected chi connectivity index (χ3v) is 5.53. The standard InChI is InChI=1S/C21H26N4O3/c1-12-9-14(20(26)23-16-4-2-3-15(22)10-16)7-8-17(12)24-21(27)18-11-19(28-25-18)13-5-6-13/h7-9,11,13,15-16H,2-6,10,22H2,1H3,(H,23,26)(H,24,27). The van der Waals surface area contributed by atoms with Crippen LogP contribution in [0.5, 0.6) is 0 Å². The number of carbonyl (C=O) groups excluding carboxylic acids is 2. The number of nitrogens with two attached hydrogens (primary N) is 1. The number of aryl methyl sites for hydroxylation is 1. The molecule has 4 rings (SSSR count). The van der Waals surface area contributed by atoms with Crippen LogP contribution in [0.4, 0.5) is 5.69 Å². The summed E-state index contributed by atoms with van der Waals surface area (Å²) in [6.45, 7) is 1.86. The molecule has 4 N–H and O–H groups in total. The summed E-state index contributed by atoms with van der Waals surface area (Å²) >= 11 is 0. The third kappa shape index (κ3) is 4.25. The fourth-order valence-corrected chi connectivity index (χ4v) is 3.72. The first-order valence-electron chi connectivity index (χ1n) is 9.94. The minimum absolute atomic E-state index is 0.106. The van der Waals surface area contributed by atoms with Crippen LogP contribution >= 0.6 is 0 Å². The smallest absolute Gasteiger partial charge is 0.277 e. The molecule has 0 aliphatic heterocycles. The number of hydrogen-bond acceptors (Lipinski definition) is 5. The summed E-state index contributed by atoms with van der Waals surface area (Å²) < 4.78 is 5.24. The number of nitrogens with one attached hydrogen (secondary N) is 2. The molecule has 2 aliphatic rings. The second-order valence-electron chi connectivity index (χ2n) is 7.97. The van der Waals surface area contributed by atoms with Gasteiger partial charge in [-0.2, -0.15) is 0 Å². The number of anilines is 1. The van der Waals surface area contributed by atoms with Crippen LogP contribution < -0.4 is 16.4 Å². The number of carbonyl (C=O) groups is 2. The van der Waals surface area contributed by atoms with Gasteiger partial charge in [-0.3, -0.25) is 9.59 Å². The molecular formula is C21H26N4O3. The molecule has 2 unspecified atom stereocenters. The molecule has 2 amide bonds. The molecule has 7 nitrogen and oxygen atoms in total. The average Bonchev–Trinajstić information content (AvgIpc) is 3.40. The Kier molecular flexibility index (Phi) is 5.17. The maximum absolute atomic E-state index is 12.5. The molecule has 28 heavy (non-hydrogen) atoms. The Balaban J connectivity index is 1.39. The molecule has 1 heterocycles. The second-order valence-corrected chi connectivity index (χ2v) is 7.97. The summed E-state index contributed by atoms with van der Waals surface area (Å²) in [6.07, 6.45) is 6.03. The highest BCUT2D eigenvalue weighted by Crippen LogP contribution is 2.40.